The molecule has 0 atom stereocenters. The molecule has 0 amide bonds. The molecule has 0 saturated heterocycles. The summed E-state index contributed by atoms with van der Waals surface area (Å²) in [4.78, 5) is 11.8. The average Bonchev–Trinajstić information content (AvgIpc) is 2.48. The predicted molar refractivity (Wildman–Crippen MR) is 95.0 cm³/mol. The van der Waals surface area contributed by atoms with Crippen molar-refractivity contribution < 1.29 is 7.87 Å². The Bertz CT molecular complexity index is 250. The number of hydrogen-bond donors (Lipinski definition) is 0. The van der Waals surface area contributed by atoms with Gasteiger partial charge in [-0.2, -0.15) is 0 Å². The van der Waals surface area contributed by atoms with Gasteiger partial charge in [-0.3, -0.25) is 0 Å². The van der Waals surface area contributed by atoms with Gasteiger partial charge in [0.2, 0.25) is 0 Å². The van der Waals surface area contributed by atoms with Crippen molar-refractivity contribution in [1.82, 2.24) is 0 Å². The van der Waals surface area contributed by atoms with E-state index in [0.717, 1.165) is 0 Å². The minimum absolute atomic E-state index is 0.157. The molecule has 21 heavy (non-hydrogen) atoms. The maximum absolute atomic E-state index is 11.8. The van der Waals surface area contributed by atoms with Crippen molar-refractivity contribution in [2.45, 2.75) is 91.9 Å². The first kappa shape index (κ1) is 21.0. The molecule has 0 aromatic rings. The molecular weight excluding hydrogens is 367 g/mol. The third kappa shape index (κ3) is 10.4. The van der Waals surface area contributed by atoms with Crippen LogP contribution < -0.4 is 0 Å². The van der Waals surface area contributed by atoms with E-state index in [2.05, 4.69) is 27.4 Å². The quantitative estimate of drug-likeness (QED) is 0.195. The van der Waals surface area contributed by atoms with Crippen molar-refractivity contribution in [2.75, 3.05) is 0 Å². The summed E-state index contributed by atoms with van der Waals surface area (Å²) in [5.74, 6) is -0.157. The van der Waals surface area contributed by atoms with Crippen molar-refractivity contribution in [2.24, 2.45) is 0 Å². The van der Waals surface area contributed by atoms with E-state index in [1.165, 1.54) is 77.2 Å². The van der Waals surface area contributed by atoms with Crippen LogP contribution >= 0.6 is 0 Å². The van der Waals surface area contributed by atoms with Crippen molar-refractivity contribution in [3.05, 3.63) is 12.7 Å². The predicted octanol–water partition coefficient (Wildman–Crippen LogP) is 6.23. The molecule has 0 aromatic carbocycles. The molecule has 0 aliphatic carbocycles. The fourth-order valence-electron chi connectivity index (χ4n) is 2.87. The molecule has 0 bridgehead atoms. The summed E-state index contributed by atoms with van der Waals surface area (Å²) in [5, 5.41) is 0. The fourth-order valence-corrected chi connectivity index (χ4v) is 15.0. The van der Waals surface area contributed by atoms with Crippen molar-refractivity contribution in [1.29, 1.82) is 0 Å². The van der Waals surface area contributed by atoms with Crippen LogP contribution in [0.5, 0.6) is 0 Å². The third-order valence-electron chi connectivity index (χ3n) is 4.19. The molecule has 0 aliphatic rings. The van der Waals surface area contributed by atoms with Gasteiger partial charge in [0.05, 0.1) is 0 Å². The summed E-state index contributed by atoms with van der Waals surface area (Å²) in [7, 11) is 0. The number of carbonyl (C=O) groups excluding carboxylic acids is 1. The van der Waals surface area contributed by atoms with Crippen LogP contribution in [0, 0.1) is 0 Å². The van der Waals surface area contributed by atoms with Gasteiger partial charge >= 0.3 is 137 Å². The van der Waals surface area contributed by atoms with Gasteiger partial charge in [0, 0.05) is 0 Å². The number of hydrogen-bond acceptors (Lipinski definition) is 2. The Balaban J connectivity index is 4.76. The maximum atomic E-state index is 11.8. The Labute approximate surface area is 137 Å². The van der Waals surface area contributed by atoms with Crippen LogP contribution in [0.3, 0.4) is 0 Å². The van der Waals surface area contributed by atoms with Gasteiger partial charge in [0.15, 0.2) is 0 Å². The zero-order chi connectivity index (χ0) is 16.0. The van der Waals surface area contributed by atoms with Crippen molar-refractivity contribution >= 4 is 24.8 Å². The summed E-state index contributed by atoms with van der Waals surface area (Å²) in [6, 6.07) is 0. The van der Waals surface area contributed by atoms with Crippen LogP contribution in [0.15, 0.2) is 12.7 Å². The second-order valence-corrected chi connectivity index (χ2v) is 17.8. The van der Waals surface area contributed by atoms with Crippen molar-refractivity contribution in [3.63, 3.8) is 0 Å². The molecule has 3 heteroatoms. The standard InChI is InChI=1S/3C5H11.C3H4O2.Sn/c3*1-3-5-4-2;1-2-3(4)5;/h3*1,3-5H2,2H3;2H,1H2,(H,4,5);/q;;;;+1/p-1. The fraction of sp³-hybridized carbons (Fsp3) is 0.833. The Morgan fingerprint density at radius 1 is 0.857 bits per heavy atom. The van der Waals surface area contributed by atoms with E-state index in [4.69, 9.17) is 3.07 Å². The van der Waals surface area contributed by atoms with E-state index in [1.54, 1.807) is 0 Å². The molecule has 2 nitrogen and oxygen atoms in total. The molecule has 0 unspecified atom stereocenters. The Morgan fingerprint density at radius 2 is 1.24 bits per heavy atom. The van der Waals surface area contributed by atoms with E-state index >= 15 is 0 Å². The van der Waals surface area contributed by atoms with Gasteiger partial charge in [-0.05, 0) is 0 Å². The molecule has 124 valence electrons. The van der Waals surface area contributed by atoms with Gasteiger partial charge in [-0.1, -0.05) is 0 Å². The van der Waals surface area contributed by atoms with Crippen LogP contribution in [0.25, 0.3) is 0 Å². The summed E-state index contributed by atoms with van der Waals surface area (Å²) in [5.41, 5.74) is 0. The topological polar surface area (TPSA) is 26.3 Å². The molecule has 0 heterocycles. The van der Waals surface area contributed by atoms with E-state index in [1.807, 2.05) is 0 Å². The van der Waals surface area contributed by atoms with Gasteiger partial charge in [0.25, 0.3) is 0 Å². The SMILES string of the molecule is C=CC(=O)[O][Sn]([CH2]CCCC)([CH2]CCCC)[CH2]CCCC. The molecule has 0 N–H and O–H groups in total. The first-order valence-corrected chi connectivity index (χ1v) is 16.2. The number of unbranched alkanes of at least 4 members (excludes halogenated alkanes) is 6. The zero-order valence-corrected chi connectivity index (χ0v) is 17.4. The van der Waals surface area contributed by atoms with Crippen LogP contribution in [-0.2, 0) is 7.87 Å². The van der Waals surface area contributed by atoms with Crippen LogP contribution in [0.1, 0.15) is 78.6 Å². The Hall–Kier alpha value is 0.00870. The van der Waals surface area contributed by atoms with Gasteiger partial charge in [-0.25, -0.2) is 0 Å². The molecule has 0 spiro atoms. The van der Waals surface area contributed by atoms with E-state index < -0.39 is 18.8 Å². The second kappa shape index (κ2) is 13.7. The van der Waals surface area contributed by atoms with E-state index in [-0.39, 0.29) is 5.97 Å². The number of carbonyl (C=O) groups is 1. The van der Waals surface area contributed by atoms with Crippen LogP contribution in [0.2, 0.25) is 13.3 Å². The van der Waals surface area contributed by atoms with E-state index in [9.17, 15) is 4.79 Å². The molecule has 0 fully saturated rings. The van der Waals surface area contributed by atoms with Crippen molar-refractivity contribution in [3.8, 4) is 0 Å². The Kier molecular flexibility index (Phi) is 13.7. The van der Waals surface area contributed by atoms with Gasteiger partial charge < -0.3 is 0 Å². The van der Waals surface area contributed by atoms with Gasteiger partial charge in [-0.15, -0.1) is 0 Å². The van der Waals surface area contributed by atoms with Crippen LogP contribution in [0.4, 0.5) is 0 Å². The normalized spacial score (nSPS) is 11.4. The summed E-state index contributed by atoms with van der Waals surface area (Å²) in [6.45, 7) is 10.3. The molecule has 0 aromatic heterocycles. The zero-order valence-electron chi connectivity index (χ0n) is 14.6. The average molecular weight is 403 g/mol. The third-order valence-corrected chi connectivity index (χ3v) is 16.8. The van der Waals surface area contributed by atoms with E-state index in [0.29, 0.717) is 0 Å². The Morgan fingerprint density at radius 3 is 1.52 bits per heavy atom. The summed E-state index contributed by atoms with van der Waals surface area (Å²) in [6.07, 6.45) is 12.6. The monoisotopic (exact) mass is 404 g/mol. The molecule has 0 rings (SSSR count). The summed E-state index contributed by atoms with van der Waals surface area (Å²) < 4.78 is 9.73. The van der Waals surface area contributed by atoms with Crippen LogP contribution in [-0.4, -0.2) is 24.8 Å². The molecular formula is C18H36O2Sn. The minimum atomic E-state index is -2.77. The first-order chi connectivity index (χ1) is 10.1. The van der Waals surface area contributed by atoms with Gasteiger partial charge in [0.1, 0.15) is 0 Å². The summed E-state index contributed by atoms with van der Waals surface area (Å²) >= 11 is -2.77. The second-order valence-electron chi connectivity index (χ2n) is 6.18. The molecule has 0 aliphatic heterocycles. The molecule has 0 saturated carbocycles. The first-order valence-electron chi connectivity index (χ1n) is 8.99. The number of rotatable bonds is 14. The molecule has 0 radical (unpaired) electrons.